The maximum atomic E-state index is 13.3. The Labute approximate surface area is 245 Å². The normalized spacial score (nSPS) is 12.6. The minimum atomic E-state index is -3.97. The molecule has 2 atom stereocenters. The summed E-state index contributed by atoms with van der Waals surface area (Å²) in [5, 5.41) is 20.4. The van der Waals surface area contributed by atoms with Gasteiger partial charge in [0.1, 0.15) is 23.8 Å². The van der Waals surface area contributed by atoms with Crippen LogP contribution < -0.4 is 38.3 Å². The minimum absolute atomic E-state index is 0.0737. The lowest BCUT2D eigenvalue weighted by Gasteiger charge is -2.25. The number of aliphatic imine (C=N–C) groups is 1. The molecule has 0 aliphatic rings. The summed E-state index contributed by atoms with van der Waals surface area (Å²) in [7, 11) is -3.97. The molecule has 0 aromatic heterocycles. The second kappa shape index (κ2) is 15.5. The van der Waals surface area contributed by atoms with Crippen molar-refractivity contribution in [2.75, 3.05) is 6.54 Å². The average Bonchev–Trinajstić information content (AvgIpc) is 2.92. The fourth-order valence-electron chi connectivity index (χ4n) is 3.88. The number of hydrogen-bond donors (Lipinski definition) is 9. The predicted octanol–water partition coefficient (Wildman–Crippen LogP) is -0.446. The van der Waals surface area contributed by atoms with E-state index in [-0.39, 0.29) is 37.1 Å². The first kappa shape index (κ1) is 33.7. The van der Waals surface area contributed by atoms with Crippen LogP contribution in [0.4, 0.5) is 0 Å². The lowest BCUT2D eigenvalue weighted by molar-refractivity contribution is -0.130. The van der Waals surface area contributed by atoms with Gasteiger partial charge in [0.05, 0.1) is 5.75 Å². The molecule has 0 heterocycles. The molecule has 0 radical (unpaired) electrons. The number of guanidine groups is 1. The number of benzene rings is 2. The molecule has 2 unspecified atom stereocenters. The number of carbonyl (C=O) groups excluding carboxylic acids is 2. The summed E-state index contributed by atoms with van der Waals surface area (Å²) in [6.45, 7) is 3.76. The number of rotatable bonds is 16. The van der Waals surface area contributed by atoms with E-state index in [0.29, 0.717) is 23.1 Å². The smallest absolute Gasteiger partial charge is 0.242 e. The van der Waals surface area contributed by atoms with Crippen molar-refractivity contribution in [1.29, 1.82) is 10.8 Å². The Hall–Kier alpha value is -4.50. The van der Waals surface area contributed by atoms with E-state index >= 15 is 0 Å². The van der Waals surface area contributed by atoms with Crippen LogP contribution in [0.5, 0.6) is 0 Å². The van der Waals surface area contributed by atoms with Gasteiger partial charge in [-0.05, 0) is 29.9 Å². The standard InChI is InChI=1S/C27H40N10O4S/c1-16(2)22(37-42(40,41)15-18-7-11-20(12-8-18)24(30)31)26(39)36-21(4-3-13-34-27(32)33)25(38)35-14-17-5-9-19(10-6-17)23(28)29/h5-12,16,21-22,37H,3-4,13-15H2,1-2H3,(H3,28,29)(H3,30,31)(H,35,38)(H,36,39)(H4,32,33,34). The summed E-state index contributed by atoms with van der Waals surface area (Å²) in [6.07, 6.45) is 0.565. The Kier molecular flexibility index (Phi) is 12.4. The average molecular weight is 601 g/mol. The van der Waals surface area contributed by atoms with Gasteiger partial charge in [0.15, 0.2) is 5.96 Å². The summed E-state index contributed by atoms with van der Waals surface area (Å²) >= 11 is 0. The van der Waals surface area contributed by atoms with Crippen LogP contribution in [0.3, 0.4) is 0 Å². The topological polar surface area (TPSA) is 269 Å². The molecular formula is C27H40N10O4S. The van der Waals surface area contributed by atoms with Crippen LogP contribution in [0.25, 0.3) is 0 Å². The van der Waals surface area contributed by atoms with E-state index in [2.05, 4.69) is 20.3 Å². The number of sulfonamides is 1. The second-order valence-corrected chi connectivity index (χ2v) is 11.8. The van der Waals surface area contributed by atoms with Crippen LogP contribution >= 0.6 is 0 Å². The number of nitrogens with one attached hydrogen (secondary N) is 5. The zero-order chi connectivity index (χ0) is 31.4. The maximum Gasteiger partial charge on any atom is 0.242 e. The first-order chi connectivity index (χ1) is 19.7. The van der Waals surface area contributed by atoms with Crippen LogP contribution in [0.2, 0.25) is 0 Å². The molecule has 13 N–H and O–H groups in total. The maximum absolute atomic E-state index is 13.3. The molecule has 228 valence electrons. The van der Waals surface area contributed by atoms with Crippen molar-refractivity contribution in [1.82, 2.24) is 15.4 Å². The number of nitrogen functional groups attached to an aromatic ring is 2. The third kappa shape index (κ3) is 11.2. The first-order valence-corrected chi connectivity index (χ1v) is 14.8. The predicted molar refractivity (Wildman–Crippen MR) is 163 cm³/mol. The fourth-order valence-corrected chi connectivity index (χ4v) is 5.36. The van der Waals surface area contributed by atoms with Crippen molar-refractivity contribution in [3.05, 3.63) is 70.8 Å². The van der Waals surface area contributed by atoms with Gasteiger partial charge in [-0.1, -0.05) is 62.4 Å². The monoisotopic (exact) mass is 600 g/mol. The highest BCUT2D eigenvalue weighted by Gasteiger charge is 2.30. The van der Waals surface area contributed by atoms with Crippen molar-refractivity contribution in [3.8, 4) is 0 Å². The highest BCUT2D eigenvalue weighted by Crippen LogP contribution is 2.12. The van der Waals surface area contributed by atoms with Gasteiger partial charge in [0, 0.05) is 24.2 Å². The van der Waals surface area contributed by atoms with Crippen molar-refractivity contribution in [2.45, 2.75) is 51.1 Å². The second-order valence-electron chi connectivity index (χ2n) is 10.0. The zero-order valence-corrected chi connectivity index (χ0v) is 24.5. The van der Waals surface area contributed by atoms with E-state index in [0.717, 1.165) is 5.56 Å². The van der Waals surface area contributed by atoms with Crippen molar-refractivity contribution in [2.24, 2.45) is 33.8 Å². The summed E-state index contributed by atoms with van der Waals surface area (Å²) in [6, 6.07) is 10.8. The molecule has 2 aromatic carbocycles. The molecule has 15 heteroatoms. The molecule has 2 aromatic rings. The van der Waals surface area contributed by atoms with Gasteiger partial charge < -0.3 is 33.6 Å². The largest absolute Gasteiger partial charge is 0.384 e. The highest BCUT2D eigenvalue weighted by molar-refractivity contribution is 7.88. The van der Waals surface area contributed by atoms with E-state index in [9.17, 15) is 18.0 Å². The summed E-state index contributed by atoms with van der Waals surface area (Å²) < 4.78 is 28.4. The van der Waals surface area contributed by atoms with Crippen molar-refractivity contribution < 1.29 is 18.0 Å². The van der Waals surface area contributed by atoms with E-state index in [1.807, 2.05) is 0 Å². The van der Waals surface area contributed by atoms with Gasteiger partial charge in [-0.3, -0.25) is 25.4 Å². The highest BCUT2D eigenvalue weighted by atomic mass is 32.2. The van der Waals surface area contributed by atoms with E-state index in [1.54, 1.807) is 62.4 Å². The number of amides is 2. The minimum Gasteiger partial charge on any atom is -0.384 e. The first-order valence-electron chi connectivity index (χ1n) is 13.2. The summed E-state index contributed by atoms with van der Waals surface area (Å²) in [4.78, 5) is 30.3. The number of carbonyl (C=O) groups is 2. The number of hydrogen-bond acceptors (Lipinski definition) is 7. The Morgan fingerprint density at radius 1 is 0.857 bits per heavy atom. The lowest BCUT2D eigenvalue weighted by atomic mass is 10.0. The van der Waals surface area contributed by atoms with Gasteiger partial charge >= 0.3 is 0 Å². The van der Waals surface area contributed by atoms with Gasteiger partial charge in [0.2, 0.25) is 21.8 Å². The van der Waals surface area contributed by atoms with Gasteiger partial charge in [-0.2, -0.15) is 0 Å². The summed E-state index contributed by atoms with van der Waals surface area (Å²) in [5.41, 5.74) is 23.9. The molecule has 42 heavy (non-hydrogen) atoms. The quantitative estimate of drug-likeness (QED) is 0.0690. The number of nitrogens with zero attached hydrogens (tertiary/aromatic N) is 1. The molecule has 2 rings (SSSR count). The fraction of sp³-hybridized carbons (Fsp3) is 0.370. The molecule has 0 saturated heterocycles. The van der Waals surface area contributed by atoms with E-state index in [1.165, 1.54) is 0 Å². The molecule has 0 saturated carbocycles. The zero-order valence-electron chi connectivity index (χ0n) is 23.7. The van der Waals surface area contributed by atoms with Gasteiger partial charge in [0.25, 0.3) is 0 Å². The molecular weight excluding hydrogens is 560 g/mol. The molecule has 0 fully saturated rings. The molecule has 0 aliphatic carbocycles. The Morgan fingerprint density at radius 3 is 1.86 bits per heavy atom. The van der Waals surface area contributed by atoms with Crippen LogP contribution in [-0.4, -0.2) is 56.5 Å². The Balaban J connectivity index is 2.13. The molecule has 0 spiro atoms. The molecule has 0 bridgehead atoms. The number of amidine groups is 2. The van der Waals surface area contributed by atoms with Crippen molar-refractivity contribution >= 4 is 39.5 Å². The van der Waals surface area contributed by atoms with Crippen LogP contribution in [-0.2, 0) is 31.9 Å². The third-order valence-electron chi connectivity index (χ3n) is 6.19. The Morgan fingerprint density at radius 2 is 1.38 bits per heavy atom. The van der Waals surface area contributed by atoms with Gasteiger partial charge in [-0.25, -0.2) is 13.1 Å². The molecule has 2 amide bonds. The molecule has 0 aliphatic heterocycles. The summed E-state index contributed by atoms with van der Waals surface area (Å²) in [5.74, 6) is -2.28. The van der Waals surface area contributed by atoms with Gasteiger partial charge in [-0.15, -0.1) is 0 Å². The van der Waals surface area contributed by atoms with Crippen LogP contribution in [0, 0.1) is 16.7 Å². The SMILES string of the molecule is CC(C)C(NS(=O)(=O)Cc1ccc(C(=N)N)cc1)C(=O)NC(CCCN=C(N)N)C(=O)NCc1ccc(C(=N)N)cc1. The molecule has 14 nitrogen and oxygen atoms in total. The van der Waals surface area contributed by atoms with E-state index < -0.39 is 45.6 Å². The van der Waals surface area contributed by atoms with Crippen LogP contribution in [0.15, 0.2) is 53.5 Å². The lowest BCUT2D eigenvalue weighted by Crippen LogP contribution is -2.55. The number of nitrogens with two attached hydrogens (primary N) is 4. The van der Waals surface area contributed by atoms with E-state index in [4.69, 9.17) is 33.8 Å². The van der Waals surface area contributed by atoms with Crippen LogP contribution in [0.1, 0.15) is 48.9 Å². The van der Waals surface area contributed by atoms with Crippen molar-refractivity contribution in [3.63, 3.8) is 0 Å². The Bertz CT molecular complexity index is 1390. The third-order valence-corrected chi connectivity index (χ3v) is 7.51.